The summed E-state index contributed by atoms with van der Waals surface area (Å²) in [7, 11) is 0. The van der Waals surface area contributed by atoms with Crippen LogP contribution < -0.4 is 5.73 Å². The number of hydrogen-bond donors (Lipinski definition) is 1. The van der Waals surface area contributed by atoms with Crippen LogP contribution in [0.3, 0.4) is 0 Å². The number of unbranched alkanes of at least 4 members (excludes halogenated alkanes) is 2. The standard InChI is InChI=1S/C24H26F3N3O/c1-3-4-5-9-20-22(17-10-12-18(13-11-17)24(25,26)27)21(23(28)31)16(2)30(20)15-19-8-6-7-14-29-19/h6-8,10-14H,3-5,9,15H2,1-2H3,(H2,28,31). The molecule has 1 amide bonds. The number of carbonyl (C=O) groups excluding carboxylic acids is 1. The van der Waals surface area contributed by atoms with Gasteiger partial charge in [-0.1, -0.05) is 38.0 Å². The Morgan fingerprint density at radius 1 is 1.10 bits per heavy atom. The van der Waals surface area contributed by atoms with Crippen LogP contribution in [-0.4, -0.2) is 15.5 Å². The fourth-order valence-corrected chi connectivity index (χ4v) is 3.91. The van der Waals surface area contributed by atoms with E-state index in [-0.39, 0.29) is 0 Å². The number of halogens is 3. The average molecular weight is 429 g/mol. The molecule has 0 radical (unpaired) electrons. The maximum atomic E-state index is 13.0. The predicted octanol–water partition coefficient (Wildman–Crippen LogP) is 5.76. The number of amides is 1. The average Bonchev–Trinajstić information content (AvgIpc) is 3.00. The highest BCUT2D eigenvalue weighted by Crippen LogP contribution is 2.36. The molecule has 31 heavy (non-hydrogen) atoms. The topological polar surface area (TPSA) is 60.9 Å². The Morgan fingerprint density at radius 2 is 1.81 bits per heavy atom. The summed E-state index contributed by atoms with van der Waals surface area (Å²) in [6.45, 7) is 4.37. The van der Waals surface area contributed by atoms with Gasteiger partial charge in [-0.2, -0.15) is 13.2 Å². The highest BCUT2D eigenvalue weighted by Gasteiger charge is 2.31. The number of benzene rings is 1. The number of primary amides is 1. The van der Waals surface area contributed by atoms with Gasteiger partial charge in [0.05, 0.1) is 23.4 Å². The molecule has 0 unspecified atom stereocenters. The first-order valence-electron chi connectivity index (χ1n) is 10.3. The third kappa shape index (κ3) is 4.98. The van der Waals surface area contributed by atoms with Crippen LogP contribution in [0, 0.1) is 6.92 Å². The molecule has 0 atom stereocenters. The first kappa shape index (κ1) is 22.6. The lowest BCUT2D eigenvalue weighted by Gasteiger charge is -2.14. The van der Waals surface area contributed by atoms with E-state index in [1.807, 2.05) is 29.7 Å². The summed E-state index contributed by atoms with van der Waals surface area (Å²) < 4.78 is 41.1. The fraction of sp³-hybridized carbons (Fsp3) is 0.333. The van der Waals surface area contributed by atoms with E-state index in [1.165, 1.54) is 12.1 Å². The van der Waals surface area contributed by atoms with Crippen molar-refractivity contribution in [2.45, 2.75) is 52.3 Å². The molecule has 0 aliphatic rings. The highest BCUT2D eigenvalue weighted by molar-refractivity contribution is 6.02. The lowest BCUT2D eigenvalue weighted by molar-refractivity contribution is -0.137. The van der Waals surface area contributed by atoms with Gasteiger partial charge in [0.1, 0.15) is 0 Å². The second-order valence-corrected chi connectivity index (χ2v) is 7.59. The third-order valence-corrected chi connectivity index (χ3v) is 5.44. The quantitative estimate of drug-likeness (QED) is 0.463. The van der Waals surface area contributed by atoms with Gasteiger partial charge >= 0.3 is 6.18 Å². The van der Waals surface area contributed by atoms with Crippen molar-refractivity contribution in [3.05, 3.63) is 76.9 Å². The zero-order chi connectivity index (χ0) is 22.6. The van der Waals surface area contributed by atoms with Crippen molar-refractivity contribution in [1.82, 2.24) is 9.55 Å². The minimum Gasteiger partial charge on any atom is -0.366 e. The summed E-state index contributed by atoms with van der Waals surface area (Å²) in [5.74, 6) is -0.594. The Kier molecular flexibility index (Phi) is 6.83. The van der Waals surface area contributed by atoms with Crippen LogP contribution in [0.15, 0.2) is 48.7 Å². The molecule has 0 bridgehead atoms. The van der Waals surface area contributed by atoms with E-state index in [1.54, 1.807) is 6.20 Å². The van der Waals surface area contributed by atoms with Gasteiger partial charge in [-0.25, -0.2) is 0 Å². The molecule has 2 N–H and O–H groups in total. The van der Waals surface area contributed by atoms with Gasteiger partial charge in [-0.15, -0.1) is 0 Å². The van der Waals surface area contributed by atoms with Crippen molar-refractivity contribution in [2.75, 3.05) is 0 Å². The van der Waals surface area contributed by atoms with E-state index < -0.39 is 17.6 Å². The van der Waals surface area contributed by atoms with Crippen molar-refractivity contribution in [3.8, 4) is 11.1 Å². The molecule has 4 nitrogen and oxygen atoms in total. The molecule has 0 saturated carbocycles. The molecule has 0 aliphatic carbocycles. The van der Waals surface area contributed by atoms with Crippen LogP contribution in [0.25, 0.3) is 11.1 Å². The zero-order valence-corrected chi connectivity index (χ0v) is 17.7. The molecule has 0 aliphatic heterocycles. The number of rotatable bonds is 8. The van der Waals surface area contributed by atoms with E-state index in [2.05, 4.69) is 11.9 Å². The molecule has 164 valence electrons. The minimum absolute atomic E-state index is 0.349. The van der Waals surface area contributed by atoms with Gasteiger partial charge in [0.15, 0.2) is 0 Å². The number of nitrogens with zero attached hydrogens (tertiary/aromatic N) is 2. The molecule has 0 saturated heterocycles. The number of hydrogen-bond acceptors (Lipinski definition) is 2. The first-order valence-corrected chi connectivity index (χ1v) is 10.3. The largest absolute Gasteiger partial charge is 0.416 e. The van der Waals surface area contributed by atoms with Gasteiger partial charge < -0.3 is 10.3 Å². The Bertz CT molecular complexity index is 1040. The highest BCUT2D eigenvalue weighted by atomic mass is 19.4. The molecule has 0 fully saturated rings. The van der Waals surface area contributed by atoms with Gasteiger partial charge in [-0.3, -0.25) is 9.78 Å². The van der Waals surface area contributed by atoms with Gasteiger partial charge in [0, 0.05) is 23.1 Å². The van der Waals surface area contributed by atoms with E-state index >= 15 is 0 Å². The van der Waals surface area contributed by atoms with Gasteiger partial charge in [0.2, 0.25) is 0 Å². The van der Waals surface area contributed by atoms with Crippen molar-refractivity contribution in [3.63, 3.8) is 0 Å². The molecule has 1 aromatic carbocycles. The molecular formula is C24H26F3N3O. The zero-order valence-electron chi connectivity index (χ0n) is 17.7. The molecular weight excluding hydrogens is 403 g/mol. The van der Waals surface area contributed by atoms with Crippen LogP contribution in [0.2, 0.25) is 0 Å². The maximum Gasteiger partial charge on any atom is 0.416 e. The van der Waals surface area contributed by atoms with Crippen molar-refractivity contribution >= 4 is 5.91 Å². The van der Waals surface area contributed by atoms with E-state index in [9.17, 15) is 18.0 Å². The maximum absolute atomic E-state index is 13.0. The summed E-state index contributed by atoms with van der Waals surface area (Å²) in [5, 5.41) is 0. The van der Waals surface area contributed by atoms with Crippen molar-refractivity contribution in [1.29, 1.82) is 0 Å². The Morgan fingerprint density at radius 3 is 2.35 bits per heavy atom. The number of aromatic nitrogens is 2. The first-order chi connectivity index (χ1) is 14.7. The summed E-state index contributed by atoms with van der Waals surface area (Å²) in [6, 6.07) is 10.5. The van der Waals surface area contributed by atoms with Crippen LogP contribution >= 0.6 is 0 Å². The fourth-order valence-electron chi connectivity index (χ4n) is 3.91. The van der Waals surface area contributed by atoms with Crippen molar-refractivity contribution < 1.29 is 18.0 Å². The summed E-state index contributed by atoms with van der Waals surface area (Å²) in [6.07, 6.45) is 0.899. The molecule has 3 rings (SSSR count). The third-order valence-electron chi connectivity index (χ3n) is 5.44. The predicted molar refractivity (Wildman–Crippen MR) is 115 cm³/mol. The van der Waals surface area contributed by atoms with Crippen LogP contribution in [-0.2, 0) is 19.1 Å². The lowest BCUT2D eigenvalue weighted by atomic mass is 9.96. The molecule has 2 heterocycles. The Hall–Kier alpha value is -3.09. The molecule has 7 heteroatoms. The van der Waals surface area contributed by atoms with Crippen molar-refractivity contribution in [2.24, 2.45) is 5.73 Å². The Labute approximate surface area is 179 Å². The van der Waals surface area contributed by atoms with Gasteiger partial charge in [-0.05, 0) is 49.6 Å². The summed E-state index contributed by atoms with van der Waals surface area (Å²) in [5.41, 5.74) is 8.94. The number of pyridine rings is 1. The second kappa shape index (κ2) is 9.37. The number of nitrogens with two attached hydrogens (primary N) is 1. The normalized spacial score (nSPS) is 11.6. The van der Waals surface area contributed by atoms with E-state index in [4.69, 9.17) is 5.73 Å². The molecule has 0 spiro atoms. The van der Waals surface area contributed by atoms with Crippen LogP contribution in [0.1, 0.15) is 59.2 Å². The lowest BCUT2D eigenvalue weighted by Crippen LogP contribution is -2.14. The number of alkyl halides is 3. The van der Waals surface area contributed by atoms with Gasteiger partial charge in [0.25, 0.3) is 5.91 Å². The van der Waals surface area contributed by atoms with E-state index in [0.717, 1.165) is 42.8 Å². The van der Waals surface area contributed by atoms with E-state index in [0.29, 0.717) is 35.3 Å². The van der Waals surface area contributed by atoms with Crippen LogP contribution in [0.5, 0.6) is 0 Å². The smallest absolute Gasteiger partial charge is 0.366 e. The SMILES string of the molecule is CCCCCc1c(-c2ccc(C(F)(F)F)cc2)c(C(N)=O)c(C)n1Cc1ccccn1. The monoisotopic (exact) mass is 429 g/mol. The molecule has 3 aromatic rings. The second-order valence-electron chi connectivity index (χ2n) is 7.59. The number of carbonyl (C=O) groups is 1. The molecule has 2 aromatic heterocycles. The minimum atomic E-state index is -4.42. The Balaban J connectivity index is 2.17. The summed E-state index contributed by atoms with van der Waals surface area (Å²) in [4.78, 5) is 16.8. The van der Waals surface area contributed by atoms with Crippen LogP contribution in [0.4, 0.5) is 13.2 Å². The summed E-state index contributed by atoms with van der Waals surface area (Å²) >= 11 is 0.